The summed E-state index contributed by atoms with van der Waals surface area (Å²) in [5.41, 5.74) is 0.353. The van der Waals surface area contributed by atoms with Crippen LogP contribution in [0.15, 0.2) is 18.2 Å². The molecule has 0 aliphatic carbocycles. The van der Waals surface area contributed by atoms with E-state index < -0.39 is 5.97 Å². The highest BCUT2D eigenvalue weighted by molar-refractivity contribution is 14.1. The number of hydrogen-bond donors (Lipinski definition) is 2. The Morgan fingerprint density at radius 2 is 2.10 bits per heavy atom. The molecule has 0 bridgehead atoms. The lowest BCUT2D eigenvalue weighted by Crippen LogP contribution is -2.34. The number of amides is 2. The molecule has 0 saturated carbocycles. The quantitative estimate of drug-likeness (QED) is 0.713. The molecule has 2 amide bonds. The lowest BCUT2D eigenvalue weighted by atomic mass is 10.2. The monoisotopic (exact) mass is 406 g/mol. The van der Waals surface area contributed by atoms with Crippen molar-refractivity contribution in [3.8, 4) is 0 Å². The predicted octanol–water partition coefficient (Wildman–Crippen LogP) is 2.88. The van der Waals surface area contributed by atoms with Crippen LogP contribution in [0.3, 0.4) is 0 Å². The van der Waals surface area contributed by atoms with E-state index in [0.717, 1.165) is 3.57 Å². The van der Waals surface area contributed by atoms with Gasteiger partial charge in [-0.3, -0.25) is 0 Å². The van der Waals surface area contributed by atoms with Crippen LogP contribution in [-0.2, 0) is 4.74 Å². The van der Waals surface area contributed by atoms with E-state index in [4.69, 9.17) is 9.84 Å². The third-order valence-electron chi connectivity index (χ3n) is 2.68. The average Bonchev–Trinajstić information content (AvgIpc) is 2.39. The fourth-order valence-corrected chi connectivity index (χ4v) is 2.03. The van der Waals surface area contributed by atoms with E-state index in [9.17, 15) is 9.59 Å². The van der Waals surface area contributed by atoms with Crippen molar-refractivity contribution in [2.45, 2.75) is 20.0 Å². The second kappa shape index (κ2) is 8.18. The van der Waals surface area contributed by atoms with Gasteiger partial charge in [-0.2, -0.15) is 0 Å². The molecule has 0 aliphatic heterocycles. The Kier molecular flexibility index (Phi) is 6.90. The van der Waals surface area contributed by atoms with Crippen LogP contribution in [0.4, 0.5) is 10.5 Å². The van der Waals surface area contributed by atoms with E-state index in [1.165, 1.54) is 11.0 Å². The number of carboxylic acid groups (broad SMARTS) is 1. The van der Waals surface area contributed by atoms with Crippen LogP contribution >= 0.6 is 22.6 Å². The first-order valence-electron chi connectivity index (χ1n) is 6.47. The molecule has 2 N–H and O–H groups in total. The highest BCUT2D eigenvalue weighted by atomic mass is 127. The maximum Gasteiger partial charge on any atom is 0.337 e. The number of likely N-dealkylation sites (N-methyl/N-ethyl adjacent to an activating group) is 1. The van der Waals surface area contributed by atoms with Gasteiger partial charge in [0.25, 0.3) is 0 Å². The second-order valence-corrected chi connectivity index (χ2v) is 6.01. The molecule has 0 radical (unpaired) electrons. The van der Waals surface area contributed by atoms with Gasteiger partial charge in [0.2, 0.25) is 0 Å². The average molecular weight is 406 g/mol. The molecule has 0 fully saturated rings. The normalized spacial score (nSPS) is 10.5. The summed E-state index contributed by atoms with van der Waals surface area (Å²) in [6.45, 7) is 4.70. The first-order valence-corrected chi connectivity index (χ1v) is 7.55. The van der Waals surface area contributed by atoms with Gasteiger partial charge in [0.05, 0.1) is 24.0 Å². The van der Waals surface area contributed by atoms with Crippen LogP contribution in [0.2, 0.25) is 0 Å². The van der Waals surface area contributed by atoms with Crippen LogP contribution < -0.4 is 5.32 Å². The fraction of sp³-hybridized carbons (Fsp3) is 0.429. The molecule has 1 rings (SSSR count). The summed E-state index contributed by atoms with van der Waals surface area (Å²) in [5, 5.41) is 11.8. The van der Waals surface area contributed by atoms with Gasteiger partial charge < -0.3 is 20.1 Å². The Morgan fingerprint density at radius 3 is 2.67 bits per heavy atom. The van der Waals surface area contributed by atoms with E-state index in [1.54, 1.807) is 19.2 Å². The fourth-order valence-electron chi connectivity index (χ4n) is 1.54. The van der Waals surface area contributed by atoms with Gasteiger partial charge >= 0.3 is 12.0 Å². The van der Waals surface area contributed by atoms with E-state index in [1.807, 2.05) is 36.4 Å². The maximum absolute atomic E-state index is 12.0. The number of carbonyl (C=O) groups excluding carboxylic acids is 1. The molecule has 1 aromatic carbocycles. The Hall–Kier alpha value is -1.35. The summed E-state index contributed by atoms with van der Waals surface area (Å²) < 4.78 is 6.17. The number of benzene rings is 1. The van der Waals surface area contributed by atoms with Crippen molar-refractivity contribution in [3.05, 3.63) is 27.3 Å². The summed E-state index contributed by atoms with van der Waals surface area (Å²) in [7, 11) is 1.63. The topological polar surface area (TPSA) is 78.9 Å². The zero-order valence-electron chi connectivity index (χ0n) is 12.2. The van der Waals surface area contributed by atoms with Gasteiger partial charge in [0, 0.05) is 17.2 Å². The number of aromatic carboxylic acids is 1. The van der Waals surface area contributed by atoms with E-state index in [0.29, 0.717) is 13.2 Å². The molecule has 0 unspecified atom stereocenters. The minimum atomic E-state index is -1.07. The third-order valence-corrected chi connectivity index (χ3v) is 3.35. The molecule has 0 atom stereocenters. The zero-order valence-corrected chi connectivity index (χ0v) is 14.4. The number of ether oxygens (including phenoxy) is 1. The number of rotatable bonds is 6. The van der Waals surface area contributed by atoms with Gasteiger partial charge in [-0.15, -0.1) is 0 Å². The van der Waals surface area contributed by atoms with Crippen LogP contribution in [0, 0.1) is 3.57 Å². The van der Waals surface area contributed by atoms with E-state index >= 15 is 0 Å². The van der Waals surface area contributed by atoms with Crippen molar-refractivity contribution < 1.29 is 19.4 Å². The highest BCUT2D eigenvalue weighted by Crippen LogP contribution is 2.19. The van der Waals surface area contributed by atoms with Crippen LogP contribution in [-0.4, -0.2) is 48.3 Å². The number of carboxylic acids is 1. The van der Waals surface area contributed by atoms with Crippen molar-refractivity contribution in [3.63, 3.8) is 0 Å². The number of hydrogen-bond acceptors (Lipinski definition) is 3. The Morgan fingerprint density at radius 1 is 1.43 bits per heavy atom. The Balaban J connectivity index is 2.68. The summed E-state index contributed by atoms with van der Waals surface area (Å²) in [6, 6.07) is 4.47. The highest BCUT2D eigenvalue weighted by Gasteiger charge is 2.15. The molecule has 1 aromatic rings. The maximum atomic E-state index is 12.0. The van der Waals surface area contributed by atoms with Crippen molar-refractivity contribution >= 4 is 40.3 Å². The van der Waals surface area contributed by atoms with E-state index in [-0.39, 0.29) is 23.4 Å². The van der Waals surface area contributed by atoms with Gasteiger partial charge in [-0.1, -0.05) is 0 Å². The molecular weight excluding hydrogens is 387 g/mol. The number of anilines is 1. The first-order chi connectivity index (χ1) is 9.81. The van der Waals surface area contributed by atoms with Gasteiger partial charge in [0.1, 0.15) is 0 Å². The van der Waals surface area contributed by atoms with Gasteiger partial charge in [-0.25, -0.2) is 9.59 Å². The SMILES string of the molecule is CC(C)OCCN(C)C(=O)Nc1ccc(I)cc1C(=O)O. The number of nitrogens with one attached hydrogen (secondary N) is 1. The lowest BCUT2D eigenvalue weighted by molar-refractivity contribution is 0.0687. The number of urea groups is 1. The summed E-state index contributed by atoms with van der Waals surface area (Å²) in [5.74, 6) is -1.07. The van der Waals surface area contributed by atoms with Gasteiger partial charge in [-0.05, 0) is 54.6 Å². The Labute approximate surface area is 137 Å². The molecule has 6 nitrogen and oxygen atoms in total. The van der Waals surface area contributed by atoms with E-state index in [2.05, 4.69) is 5.32 Å². The molecule has 21 heavy (non-hydrogen) atoms. The molecule has 0 aliphatic rings. The van der Waals surface area contributed by atoms with Gasteiger partial charge in [0.15, 0.2) is 0 Å². The number of nitrogens with zero attached hydrogens (tertiary/aromatic N) is 1. The van der Waals surface area contributed by atoms with Crippen LogP contribution in [0.1, 0.15) is 24.2 Å². The molecule has 0 heterocycles. The second-order valence-electron chi connectivity index (χ2n) is 4.77. The first kappa shape index (κ1) is 17.7. The summed E-state index contributed by atoms with van der Waals surface area (Å²) >= 11 is 2.02. The van der Waals surface area contributed by atoms with Crippen LogP contribution in [0.5, 0.6) is 0 Å². The van der Waals surface area contributed by atoms with Crippen LogP contribution in [0.25, 0.3) is 0 Å². The predicted molar refractivity (Wildman–Crippen MR) is 88.9 cm³/mol. The summed E-state index contributed by atoms with van der Waals surface area (Å²) in [4.78, 5) is 24.6. The molecule has 0 spiro atoms. The number of halogens is 1. The minimum Gasteiger partial charge on any atom is -0.478 e. The lowest BCUT2D eigenvalue weighted by Gasteiger charge is -2.19. The molecule has 116 valence electrons. The standard InChI is InChI=1S/C14H19IN2O4/c1-9(2)21-7-6-17(3)14(20)16-12-5-4-10(15)8-11(12)13(18)19/h4-5,8-9H,6-7H2,1-3H3,(H,16,20)(H,18,19). The van der Waals surface area contributed by atoms with Crippen molar-refractivity contribution in [1.82, 2.24) is 4.90 Å². The van der Waals surface area contributed by atoms with Crippen molar-refractivity contribution in [2.75, 3.05) is 25.5 Å². The van der Waals surface area contributed by atoms with Crippen molar-refractivity contribution in [2.24, 2.45) is 0 Å². The molecule has 0 aromatic heterocycles. The molecule has 7 heteroatoms. The third kappa shape index (κ3) is 5.88. The zero-order chi connectivity index (χ0) is 16.0. The number of carbonyl (C=O) groups is 2. The molecule has 0 saturated heterocycles. The summed E-state index contributed by atoms with van der Waals surface area (Å²) in [6.07, 6.45) is 0.108. The minimum absolute atomic E-state index is 0.0714. The van der Waals surface area contributed by atoms with Crippen molar-refractivity contribution in [1.29, 1.82) is 0 Å². The largest absolute Gasteiger partial charge is 0.478 e. The Bertz CT molecular complexity index is 520. The smallest absolute Gasteiger partial charge is 0.337 e. The molecular formula is C14H19IN2O4.